The number of carbonyl (C=O) groups is 2. The van der Waals surface area contributed by atoms with E-state index in [1.165, 1.54) is 12.8 Å². The average molecular weight is 313 g/mol. The number of carboxylic acids is 2. The van der Waals surface area contributed by atoms with Crippen LogP contribution in [0.5, 0.6) is 11.5 Å². The molecule has 1 aromatic rings. The molecule has 0 radical (unpaired) electrons. The third-order valence-corrected chi connectivity index (χ3v) is 2.50. The van der Waals surface area contributed by atoms with Crippen LogP contribution in [0.2, 0.25) is 0 Å². The summed E-state index contributed by atoms with van der Waals surface area (Å²) in [6, 6.07) is 7.65. The van der Waals surface area contributed by atoms with E-state index in [0.29, 0.717) is 6.61 Å². The number of aliphatic carboxylic acids is 2. The molecule has 124 valence electrons. The van der Waals surface area contributed by atoms with Gasteiger partial charge < -0.3 is 25.0 Å². The lowest BCUT2D eigenvalue weighted by atomic mass is 10.3. The van der Waals surface area contributed by atoms with E-state index >= 15 is 0 Å². The largest absolute Gasteiger partial charge is 0.497 e. The number of ether oxygens (including phenoxy) is 2. The monoisotopic (exact) mass is 313 g/mol. The highest BCUT2D eigenvalue weighted by atomic mass is 16.5. The Morgan fingerprint density at radius 2 is 1.59 bits per heavy atom. The van der Waals surface area contributed by atoms with Gasteiger partial charge in [-0.25, -0.2) is 9.59 Å². The maximum Gasteiger partial charge on any atom is 0.414 e. The molecule has 22 heavy (non-hydrogen) atoms. The molecule has 0 aromatic heterocycles. The molecule has 0 spiro atoms. The highest BCUT2D eigenvalue weighted by molar-refractivity contribution is 6.27. The molecule has 0 bridgehead atoms. The van der Waals surface area contributed by atoms with Crippen LogP contribution in [0.15, 0.2) is 24.3 Å². The zero-order valence-corrected chi connectivity index (χ0v) is 12.9. The predicted molar refractivity (Wildman–Crippen MR) is 81.5 cm³/mol. The Labute approximate surface area is 129 Å². The SMILES string of the molecule is CCCCNCCOc1ccc(OC)cc1.O=C(O)C(=O)O. The summed E-state index contributed by atoms with van der Waals surface area (Å²) in [5.74, 6) is -1.91. The topological polar surface area (TPSA) is 105 Å². The number of nitrogens with one attached hydrogen (secondary N) is 1. The number of hydrogen-bond donors (Lipinski definition) is 3. The zero-order chi connectivity index (χ0) is 16.8. The number of benzene rings is 1. The summed E-state index contributed by atoms with van der Waals surface area (Å²) in [6.07, 6.45) is 2.45. The van der Waals surface area contributed by atoms with Crippen molar-refractivity contribution in [1.82, 2.24) is 5.32 Å². The minimum absolute atomic E-state index is 0.704. The molecule has 0 saturated heterocycles. The van der Waals surface area contributed by atoms with Gasteiger partial charge in [0.15, 0.2) is 0 Å². The summed E-state index contributed by atoms with van der Waals surface area (Å²) in [7, 11) is 1.66. The number of carboxylic acid groups (broad SMARTS) is 2. The van der Waals surface area contributed by atoms with Crippen molar-refractivity contribution >= 4 is 11.9 Å². The number of methoxy groups -OCH3 is 1. The highest BCUT2D eigenvalue weighted by Crippen LogP contribution is 2.16. The van der Waals surface area contributed by atoms with Gasteiger partial charge >= 0.3 is 11.9 Å². The van der Waals surface area contributed by atoms with Gasteiger partial charge in [0, 0.05) is 6.54 Å². The van der Waals surface area contributed by atoms with Gasteiger partial charge in [-0.1, -0.05) is 13.3 Å². The zero-order valence-electron chi connectivity index (χ0n) is 12.9. The Morgan fingerprint density at radius 3 is 2.05 bits per heavy atom. The molecule has 0 heterocycles. The van der Waals surface area contributed by atoms with Gasteiger partial charge in [0.05, 0.1) is 7.11 Å². The van der Waals surface area contributed by atoms with E-state index < -0.39 is 11.9 Å². The summed E-state index contributed by atoms with van der Waals surface area (Å²) in [5, 5.41) is 18.1. The summed E-state index contributed by atoms with van der Waals surface area (Å²) in [5.41, 5.74) is 0. The quantitative estimate of drug-likeness (QED) is 0.494. The lowest BCUT2D eigenvalue weighted by molar-refractivity contribution is -0.159. The lowest BCUT2D eigenvalue weighted by Gasteiger charge is -2.07. The molecule has 0 saturated carbocycles. The van der Waals surface area contributed by atoms with Crippen LogP contribution in [-0.2, 0) is 9.59 Å². The average Bonchev–Trinajstić information content (AvgIpc) is 2.52. The predicted octanol–water partition coefficient (Wildman–Crippen LogP) is 1.62. The molecular formula is C15H23NO6. The van der Waals surface area contributed by atoms with Gasteiger partial charge in [-0.15, -0.1) is 0 Å². The standard InChI is InChI=1S/C13H21NO2.C2H2O4/c1-3-4-9-14-10-11-16-13-7-5-12(15-2)6-8-13;3-1(4)2(5)6/h5-8,14H,3-4,9-11H2,1-2H3;(H,3,4)(H,5,6). The van der Waals surface area contributed by atoms with E-state index in [0.717, 1.165) is 24.6 Å². The molecule has 0 amide bonds. The van der Waals surface area contributed by atoms with Crippen LogP contribution in [0.25, 0.3) is 0 Å². The molecule has 1 aromatic carbocycles. The molecule has 3 N–H and O–H groups in total. The second kappa shape index (κ2) is 12.5. The maximum atomic E-state index is 9.10. The Kier molecular flexibility index (Phi) is 11.2. The Bertz CT molecular complexity index is 420. The van der Waals surface area contributed by atoms with Crippen molar-refractivity contribution in [1.29, 1.82) is 0 Å². The molecule has 7 nitrogen and oxygen atoms in total. The summed E-state index contributed by atoms with van der Waals surface area (Å²) in [6.45, 7) is 4.86. The minimum atomic E-state index is -1.82. The van der Waals surface area contributed by atoms with Crippen molar-refractivity contribution in [2.45, 2.75) is 19.8 Å². The molecule has 0 unspecified atom stereocenters. The van der Waals surface area contributed by atoms with Crippen molar-refractivity contribution in [2.75, 3.05) is 26.8 Å². The van der Waals surface area contributed by atoms with E-state index in [-0.39, 0.29) is 0 Å². The number of rotatable bonds is 8. The van der Waals surface area contributed by atoms with Gasteiger partial charge in [0.2, 0.25) is 0 Å². The third kappa shape index (κ3) is 10.5. The van der Waals surface area contributed by atoms with Crippen molar-refractivity contribution in [2.24, 2.45) is 0 Å². The van der Waals surface area contributed by atoms with E-state index in [4.69, 9.17) is 29.3 Å². The van der Waals surface area contributed by atoms with Crippen molar-refractivity contribution < 1.29 is 29.3 Å². The van der Waals surface area contributed by atoms with E-state index in [9.17, 15) is 0 Å². The van der Waals surface area contributed by atoms with E-state index in [1.807, 2.05) is 24.3 Å². The molecule has 0 aliphatic carbocycles. The van der Waals surface area contributed by atoms with E-state index in [2.05, 4.69) is 12.2 Å². The fourth-order valence-corrected chi connectivity index (χ4v) is 1.34. The Hall–Kier alpha value is -2.28. The van der Waals surface area contributed by atoms with Crippen LogP contribution in [0.3, 0.4) is 0 Å². The van der Waals surface area contributed by atoms with Crippen LogP contribution in [0.1, 0.15) is 19.8 Å². The normalized spacial score (nSPS) is 9.36. The van der Waals surface area contributed by atoms with Crippen molar-refractivity contribution in [3.63, 3.8) is 0 Å². The first-order chi connectivity index (χ1) is 10.5. The molecule has 0 fully saturated rings. The van der Waals surface area contributed by atoms with Crippen LogP contribution in [-0.4, -0.2) is 49.0 Å². The van der Waals surface area contributed by atoms with Crippen LogP contribution >= 0.6 is 0 Å². The third-order valence-electron chi connectivity index (χ3n) is 2.50. The van der Waals surface area contributed by atoms with Gasteiger partial charge in [-0.2, -0.15) is 0 Å². The Morgan fingerprint density at radius 1 is 1.05 bits per heavy atom. The van der Waals surface area contributed by atoms with E-state index in [1.54, 1.807) is 7.11 Å². The highest BCUT2D eigenvalue weighted by Gasteiger charge is 2.04. The fourth-order valence-electron chi connectivity index (χ4n) is 1.34. The lowest BCUT2D eigenvalue weighted by Crippen LogP contribution is -2.21. The first-order valence-electron chi connectivity index (χ1n) is 6.95. The van der Waals surface area contributed by atoms with Crippen LogP contribution in [0, 0.1) is 0 Å². The Balaban J connectivity index is 0.000000626. The summed E-state index contributed by atoms with van der Waals surface area (Å²) >= 11 is 0. The van der Waals surface area contributed by atoms with Crippen molar-refractivity contribution in [3.8, 4) is 11.5 Å². The molecule has 1 rings (SSSR count). The molecule has 0 atom stereocenters. The van der Waals surface area contributed by atoms with Crippen LogP contribution in [0.4, 0.5) is 0 Å². The maximum absolute atomic E-state index is 9.10. The molecule has 7 heteroatoms. The molecule has 0 aliphatic rings. The smallest absolute Gasteiger partial charge is 0.414 e. The van der Waals surface area contributed by atoms with Gasteiger partial charge in [0.1, 0.15) is 18.1 Å². The second-order valence-electron chi connectivity index (χ2n) is 4.24. The first-order valence-corrected chi connectivity index (χ1v) is 6.95. The second-order valence-corrected chi connectivity index (χ2v) is 4.24. The summed E-state index contributed by atoms with van der Waals surface area (Å²) < 4.78 is 10.6. The number of hydrogen-bond acceptors (Lipinski definition) is 5. The number of unbranched alkanes of at least 4 members (excludes halogenated alkanes) is 1. The molecular weight excluding hydrogens is 290 g/mol. The fraction of sp³-hybridized carbons (Fsp3) is 0.467. The first kappa shape index (κ1) is 19.7. The van der Waals surface area contributed by atoms with Crippen LogP contribution < -0.4 is 14.8 Å². The molecule has 0 aliphatic heterocycles. The van der Waals surface area contributed by atoms with Gasteiger partial charge in [-0.05, 0) is 37.2 Å². The van der Waals surface area contributed by atoms with Crippen molar-refractivity contribution in [3.05, 3.63) is 24.3 Å². The minimum Gasteiger partial charge on any atom is -0.497 e. The van der Waals surface area contributed by atoms with Gasteiger partial charge in [0.25, 0.3) is 0 Å². The summed E-state index contributed by atoms with van der Waals surface area (Å²) in [4.78, 5) is 18.2. The van der Waals surface area contributed by atoms with Gasteiger partial charge in [-0.3, -0.25) is 0 Å².